The number of ether oxygens (including phenoxy) is 1. The van der Waals surface area contributed by atoms with Crippen LogP contribution in [0.15, 0.2) is 72.3 Å². The van der Waals surface area contributed by atoms with E-state index >= 15 is 0 Å². The van der Waals surface area contributed by atoms with Crippen LogP contribution in [-0.4, -0.2) is 47.0 Å². The second-order valence-corrected chi connectivity index (χ2v) is 9.17. The monoisotopic (exact) mass is 524 g/mol. The molecule has 0 aromatic heterocycles. The van der Waals surface area contributed by atoms with Crippen molar-refractivity contribution in [3.8, 4) is 11.5 Å². The Hall–Kier alpha value is -4.47. The van der Waals surface area contributed by atoms with E-state index in [1.165, 1.54) is 36.4 Å². The number of benzene rings is 3. The van der Waals surface area contributed by atoms with Crippen LogP contribution in [0.25, 0.3) is 5.76 Å². The predicted molar refractivity (Wildman–Crippen MR) is 133 cm³/mol. The van der Waals surface area contributed by atoms with Gasteiger partial charge in [-0.15, -0.1) is 0 Å². The first kappa shape index (κ1) is 25.2. The molecule has 0 bridgehead atoms. The molecule has 2 heterocycles. The average molecular weight is 524 g/mol. The van der Waals surface area contributed by atoms with Crippen LogP contribution in [0.4, 0.5) is 18.9 Å². The molecule has 1 fully saturated rings. The number of hydrogen-bond acceptors (Lipinski definition) is 6. The van der Waals surface area contributed by atoms with Gasteiger partial charge in [-0.3, -0.25) is 9.59 Å². The molecule has 1 saturated heterocycles. The van der Waals surface area contributed by atoms with Gasteiger partial charge in [-0.1, -0.05) is 24.3 Å². The summed E-state index contributed by atoms with van der Waals surface area (Å²) in [5, 5.41) is 21.1. The first-order valence-corrected chi connectivity index (χ1v) is 11.8. The normalized spacial score (nSPS) is 18.9. The molecule has 7 nitrogen and oxygen atoms in total. The van der Waals surface area contributed by atoms with Crippen molar-refractivity contribution in [3.05, 3.63) is 94.6 Å². The lowest BCUT2D eigenvalue weighted by atomic mass is 9.94. The molecule has 0 saturated carbocycles. The number of likely N-dealkylation sites (N-methyl/N-ethyl adjacent to an activating group) is 1. The highest BCUT2D eigenvalue weighted by Gasteiger charge is 2.46. The number of Topliss-reactive ketones (excluding diaryl/α,β-unsaturated/α-hetero) is 1. The number of halogens is 3. The lowest BCUT2D eigenvalue weighted by Gasteiger charge is -2.28. The smallest absolute Gasteiger partial charge is 0.416 e. The third-order valence-electron chi connectivity index (χ3n) is 6.68. The number of aliphatic hydroxyl groups is 1. The SMILES string of the molecule is CN1CCOc2ccc(/C(O)=C3/C(=O)C(=O)N(Cc4cccc(C(F)(F)F)c4)C3c3ccc(O)cc3)cc21. The molecule has 3 aromatic rings. The minimum Gasteiger partial charge on any atom is -0.508 e. The summed E-state index contributed by atoms with van der Waals surface area (Å²) in [6, 6.07) is 14.0. The molecule has 1 atom stereocenters. The van der Waals surface area contributed by atoms with E-state index in [1.54, 1.807) is 18.2 Å². The molecule has 1 amide bonds. The molecule has 5 rings (SSSR count). The largest absolute Gasteiger partial charge is 0.508 e. The number of aromatic hydroxyl groups is 1. The van der Waals surface area contributed by atoms with Gasteiger partial charge < -0.3 is 24.7 Å². The lowest BCUT2D eigenvalue weighted by molar-refractivity contribution is -0.140. The Bertz CT molecular complexity index is 1450. The number of ketones is 1. The number of rotatable bonds is 4. The van der Waals surface area contributed by atoms with Gasteiger partial charge in [-0.05, 0) is 53.6 Å². The maximum absolute atomic E-state index is 13.3. The highest BCUT2D eigenvalue weighted by molar-refractivity contribution is 6.46. The van der Waals surface area contributed by atoms with Crippen molar-refractivity contribution >= 4 is 23.1 Å². The van der Waals surface area contributed by atoms with Crippen LogP contribution in [0.3, 0.4) is 0 Å². The number of carbonyl (C=O) groups excluding carboxylic acids is 2. The van der Waals surface area contributed by atoms with E-state index in [0.717, 1.165) is 17.0 Å². The molecule has 2 aliphatic rings. The summed E-state index contributed by atoms with van der Waals surface area (Å²) in [4.78, 5) is 29.5. The van der Waals surface area contributed by atoms with Gasteiger partial charge in [-0.25, -0.2) is 0 Å². The molecule has 38 heavy (non-hydrogen) atoms. The number of amides is 1. The van der Waals surface area contributed by atoms with E-state index in [4.69, 9.17) is 4.74 Å². The number of aliphatic hydroxyl groups excluding tert-OH is 1. The molecule has 10 heteroatoms. The fraction of sp³-hybridized carbons (Fsp3) is 0.214. The number of alkyl halides is 3. The number of phenols is 1. The van der Waals surface area contributed by atoms with Gasteiger partial charge in [0.1, 0.15) is 23.9 Å². The molecule has 3 aromatic carbocycles. The third-order valence-corrected chi connectivity index (χ3v) is 6.68. The molecule has 2 aliphatic heterocycles. The Morgan fingerprint density at radius 1 is 1.05 bits per heavy atom. The van der Waals surface area contributed by atoms with Crippen LogP contribution in [0.1, 0.15) is 28.3 Å². The highest BCUT2D eigenvalue weighted by atomic mass is 19.4. The number of carbonyl (C=O) groups is 2. The summed E-state index contributed by atoms with van der Waals surface area (Å²) in [5.41, 5.74) is 0.453. The van der Waals surface area contributed by atoms with E-state index < -0.39 is 35.2 Å². The molecule has 0 radical (unpaired) electrons. The number of likely N-dealkylation sites (tertiary alicyclic amines) is 1. The van der Waals surface area contributed by atoms with Crippen LogP contribution < -0.4 is 9.64 Å². The van der Waals surface area contributed by atoms with Crippen LogP contribution >= 0.6 is 0 Å². The van der Waals surface area contributed by atoms with Crippen molar-refractivity contribution in [2.45, 2.75) is 18.8 Å². The summed E-state index contributed by atoms with van der Waals surface area (Å²) in [6.45, 7) is 0.806. The fourth-order valence-corrected chi connectivity index (χ4v) is 4.74. The predicted octanol–water partition coefficient (Wildman–Crippen LogP) is 4.86. The van der Waals surface area contributed by atoms with Crippen molar-refractivity contribution in [2.24, 2.45) is 0 Å². The van der Waals surface area contributed by atoms with E-state index in [9.17, 15) is 33.0 Å². The van der Waals surface area contributed by atoms with E-state index in [-0.39, 0.29) is 29.0 Å². The lowest BCUT2D eigenvalue weighted by Crippen LogP contribution is -2.29. The molecule has 2 N–H and O–H groups in total. The summed E-state index contributed by atoms with van der Waals surface area (Å²) >= 11 is 0. The van der Waals surface area contributed by atoms with E-state index in [2.05, 4.69) is 0 Å². The fourth-order valence-electron chi connectivity index (χ4n) is 4.74. The van der Waals surface area contributed by atoms with Crippen molar-refractivity contribution in [1.82, 2.24) is 4.90 Å². The zero-order chi connectivity index (χ0) is 27.2. The maximum Gasteiger partial charge on any atom is 0.416 e. The zero-order valence-electron chi connectivity index (χ0n) is 20.2. The van der Waals surface area contributed by atoms with Gasteiger partial charge in [0.05, 0.1) is 29.4 Å². The van der Waals surface area contributed by atoms with Crippen LogP contribution in [0, 0.1) is 0 Å². The molecular weight excluding hydrogens is 501 g/mol. The number of fused-ring (bicyclic) bond motifs is 1. The van der Waals surface area contributed by atoms with Gasteiger partial charge in [0.25, 0.3) is 11.7 Å². The Balaban J connectivity index is 1.62. The first-order chi connectivity index (χ1) is 18.0. The summed E-state index contributed by atoms with van der Waals surface area (Å²) < 4.78 is 45.5. The van der Waals surface area contributed by atoms with Gasteiger partial charge >= 0.3 is 6.18 Å². The third kappa shape index (κ3) is 4.53. The molecular formula is C28H23F3N2O5. The van der Waals surface area contributed by atoms with Gasteiger partial charge in [-0.2, -0.15) is 13.2 Å². The average Bonchev–Trinajstić information content (AvgIpc) is 3.13. The van der Waals surface area contributed by atoms with Crippen molar-refractivity contribution in [2.75, 3.05) is 25.1 Å². The number of phenolic OH excluding ortho intramolecular Hbond substituents is 1. The highest BCUT2D eigenvalue weighted by Crippen LogP contribution is 2.42. The zero-order valence-corrected chi connectivity index (χ0v) is 20.2. The molecule has 196 valence electrons. The van der Waals surface area contributed by atoms with E-state index in [1.807, 2.05) is 11.9 Å². The van der Waals surface area contributed by atoms with Crippen molar-refractivity contribution in [3.63, 3.8) is 0 Å². The Morgan fingerprint density at radius 2 is 1.79 bits per heavy atom. The van der Waals surface area contributed by atoms with Gasteiger partial charge in [0.15, 0.2) is 0 Å². The van der Waals surface area contributed by atoms with Crippen LogP contribution in [-0.2, 0) is 22.3 Å². The molecule has 0 aliphatic carbocycles. The molecule has 1 unspecified atom stereocenters. The minimum atomic E-state index is -4.58. The minimum absolute atomic E-state index is 0.0543. The summed E-state index contributed by atoms with van der Waals surface area (Å²) in [7, 11) is 1.86. The number of hydrogen-bond donors (Lipinski definition) is 2. The second kappa shape index (κ2) is 9.44. The van der Waals surface area contributed by atoms with Gasteiger partial charge in [0.2, 0.25) is 0 Å². The maximum atomic E-state index is 13.3. The second-order valence-electron chi connectivity index (χ2n) is 9.17. The molecule has 0 spiro atoms. The summed E-state index contributed by atoms with van der Waals surface area (Å²) in [6.07, 6.45) is -4.58. The topological polar surface area (TPSA) is 90.3 Å². The van der Waals surface area contributed by atoms with Gasteiger partial charge in [0, 0.05) is 19.2 Å². The first-order valence-electron chi connectivity index (χ1n) is 11.8. The standard InChI is InChI=1S/C28H23F3N2O5/c1-32-11-12-38-22-10-7-18(14-21(22)32)25(35)23-24(17-5-8-20(34)9-6-17)33(27(37)26(23)36)15-16-3-2-4-19(13-16)28(29,30)31/h2-10,13-14,24,34-35H,11-12,15H2,1H3/b25-23-. The Kier molecular flexibility index (Phi) is 6.26. The van der Waals surface area contributed by atoms with Crippen LogP contribution in [0.5, 0.6) is 11.5 Å². The Labute approximate surface area is 216 Å². The van der Waals surface area contributed by atoms with Crippen molar-refractivity contribution < 1.29 is 37.7 Å². The Morgan fingerprint density at radius 3 is 2.50 bits per heavy atom. The number of anilines is 1. The quantitative estimate of drug-likeness (QED) is 0.288. The van der Waals surface area contributed by atoms with Crippen LogP contribution in [0.2, 0.25) is 0 Å². The van der Waals surface area contributed by atoms with Crippen molar-refractivity contribution in [1.29, 1.82) is 0 Å². The van der Waals surface area contributed by atoms with E-state index in [0.29, 0.717) is 30.2 Å². The summed E-state index contributed by atoms with van der Waals surface area (Å²) in [5.74, 6) is -1.79. The number of nitrogens with zero attached hydrogens (tertiary/aromatic N) is 2.